The molecule has 8 nitrogen and oxygen atoms in total. The van der Waals surface area contributed by atoms with Crippen LogP contribution in [0, 0.1) is 23.3 Å². The number of rotatable bonds is 7. The fourth-order valence-electron chi connectivity index (χ4n) is 6.91. The van der Waals surface area contributed by atoms with Gasteiger partial charge in [-0.2, -0.15) is 26.3 Å². The molecule has 4 aromatic heterocycles. The Kier molecular flexibility index (Phi) is 12.9. The van der Waals surface area contributed by atoms with Crippen LogP contribution in [0.25, 0.3) is 33.5 Å². The minimum Gasteiger partial charge on any atom is -0.465 e. The van der Waals surface area contributed by atoms with E-state index in [2.05, 4.69) is 15.4 Å². The normalized spacial score (nSPS) is 11.6. The highest BCUT2D eigenvalue weighted by atomic mass is 35.5. The van der Waals surface area contributed by atoms with Crippen LogP contribution < -0.4 is 10.6 Å². The molecule has 4 aromatic carbocycles. The van der Waals surface area contributed by atoms with Gasteiger partial charge < -0.3 is 15.4 Å². The number of aromatic nitrogens is 2. The van der Waals surface area contributed by atoms with E-state index in [-0.39, 0.29) is 60.8 Å². The second-order valence-electron chi connectivity index (χ2n) is 14.0. The Morgan fingerprint density at radius 1 is 0.530 bits per heavy atom. The van der Waals surface area contributed by atoms with Gasteiger partial charge in [-0.25, -0.2) is 22.4 Å². The second-order valence-corrected chi connectivity index (χ2v) is 14.7. The Bertz CT molecular complexity index is 3140. The summed E-state index contributed by atoms with van der Waals surface area (Å²) in [5.41, 5.74) is -3.25. The van der Waals surface area contributed by atoms with Crippen molar-refractivity contribution in [3.05, 3.63) is 189 Å². The molecule has 4 heterocycles. The summed E-state index contributed by atoms with van der Waals surface area (Å²) < 4.78 is 145. The van der Waals surface area contributed by atoms with Crippen molar-refractivity contribution in [2.24, 2.45) is 0 Å². The number of hydrogen-bond donors (Lipinski definition) is 2. The van der Waals surface area contributed by atoms with Crippen LogP contribution in [0.4, 0.5) is 55.3 Å². The van der Waals surface area contributed by atoms with Crippen molar-refractivity contribution in [2.45, 2.75) is 12.4 Å². The van der Waals surface area contributed by atoms with Crippen LogP contribution in [0.5, 0.6) is 0 Å². The standard InChI is InChI=1S/C24H14ClF5N2O3.C22H12ClF5N2O/c1-35-23(34)15-10-9-14-11-16(24(28,29)30)20(32(14)21(15)25)12-5-7-13(8-6-12)31-22(33)19-17(26)3-2-4-18(19)27;23-18-6-1-3-14-11-15(22(26,27)28)20(30(14)18)12-7-9-13(10-8-12)29-21(31)19-16(24)4-2-5-17(19)25/h2-11H,1H3,(H,31,33);1-11H,(H,29,31). The first kappa shape index (κ1) is 46.7. The lowest BCUT2D eigenvalue weighted by molar-refractivity contribution is -0.137. The first-order valence-electron chi connectivity index (χ1n) is 18.8. The number of hydrogen-bond acceptors (Lipinski definition) is 4. The van der Waals surface area contributed by atoms with Gasteiger partial charge in [-0.3, -0.25) is 18.4 Å². The van der Waals surface area contributed by atoms with E-state index >= 15 is 0 Å². The molecule has 8 aromatic rings. The molecule has 0 fully saturated rings. The number of halogens is 12. The van der Waals surface area contributed by atoms with Gasteiger partial charge in [0.05, 0.1) is 35.2 Å². The molecule has 0 atom stereocenters. The van der Waals surface area contributed by atoms with Crippen LogP contribution in [-0.2, 0) is 17.1 Å². The molecule has 0 bridgehead atoms. The van der Waals surface area contributed by atoms with E-state index in [9.17, 15) is 58.3 Å². The number of carbonyl (C=O) groups is 3. The number of carbonyl (C=O) groups excluding carboxylic acids is 3. The van der Waals surface area contributed by atoms with Crippen LogP contribution in [0.2, 0.25) is 10.3 Å². The number of esters is 1. The van der Waals surface area contributed by atoms with Gasteiger partial charge in [0.2, 0.25) is 0 Å². The molecule has 0 unspecified atom stereocenters. The van der Waals surface area contributed by atoms with Crippen LogP contribution in [0.3, 0.4) is 0 Å². The van der Waals surface area contributed by atoms with Gasteiger partial charge in [-0.15, -0.1) is 0 Å². The van der Waals surface area contributed by atoms with Gasteiger partial charge in [0.25, 0.3) is 11.8 Å². The Morgan fingerprint density at radius 3 is 1.33 bits per heavy atom. The predicted molar refractivity (Wildman–Crippen MR) is 226 cm³/mol. The van der Waals surface area contributed by atoms with Crippen molar-refractivity contribution in [2.75, 3.05) is 17.7 Å². The molecule has 8 rings (SSSR count). The fraction of sp³-hybridized carbons (Fsp3) is 0.0652. The van der Waals surface area contributed by atoms with E-state index in [4.69, 9.17) is 23.2 Å². The minimum atomic E-state index is -4.76. The van der Waals surface area contributed by atoms with Crippen LogP contribution >= 0.6 is 23.2 Å². The largest absolute Gasteiger partial charge is 0.465 e. The zero-order chi connectivity index (χ0) is 47.8. The van der Waals surface area contributed by atoms with Gasteiger partial charge >= 0.3 is 18.3 Å². The molecule has 0 aliphatic heterocycles. The number of pyridine rings is 2. The molecule has 66 heavy (non-hydrogen) atoms. The number of amides is 2. The van der Waals surface area contributed by atoms with E-state index in [1.54, 1.807) is 6.07 Å². The molecule has 0 saturated heterocycles. The molecule has 0 radical (unpaired) electrons. The van der Waals surface area contributed by atoms with Gasteiger partial charge in [0.15, 0.2) is 0 Å². The summed E-state index contributed by atoms with van der Waals surface area (Å²) in [6, 6.07) is 25.4. The molecule has 0 aliphatic rings. The third-order valence-electron chi connectivity index (χ3n) is 9.84. The Morgan fingerprint density at radius 2 is 0.924 bits per heavy atom. The Balaban J connectivity index is 0.000000198. The topological polar surface area (TPSA) is 93.3 Å². The third-order valence-corrected chi connectivity index (χ3v) is 10.5. The van der Waals surface area contributed by atoms with Crippen LogP contribution in [0.15, 0.2) is 127 Å². The number of methoxy groups -OCH3 is 1. The molecule has 20 heteroatoms. The molecule has 2 N–H and O–H groups in total. The number of alkyl halides is 6. The van der Waals surface area contributed by atoms with E-state index in [0.717, 1.165) is 60.0 Å². The summed E-state index contributed by atoms with van der Waals surface area (Å²) >= 11 is 12.4. The second kappa shape index (κ2) is 18.3. The molecular formula is C46H26Cl2F10N4O4. The van der Waals surface area contributed by atoms with Gasteiger partial charge in [-0.1, -0.05) is 65.7 Å². The van der Waals surface area contributed by atoms with Crippen molar-refractivity contribution >= 4 is 63.4 Å². The smallest absolute Gasteiger partial charge is 0.418 e. The number of benzene rings is 4. The summed E-state index contributed by atoms with van der Waals surface area (Å²) in [7, 11) is 1.11. The highest BCUT2D eigenvalue weighted by Gasteiger charge is 2.38. The molecule has 0 spiro atoms. The third kappa shape index (κ3) is 9.27. The Labute approximate surface area is 375 Å². The SMILES string of the molecule is COC(=O)c1ccc2cc(C(F)(F)F)c(-c3ccc(NC(=O)c4c(F)cccc4F)cc3)n2c1Cl.O=C(Nc1ccc(-c2c(C(F)(F)F)cc3cccc(Cl)n23)cc1)c1c(F)cccc1F. The maximum atomic E-state index is 13.9. The summed E-state index contributed by atoms with van der Waals surface area (Å²) in [5, 5.41) is 4.44. The zero-order valence-corrected chi connectivity index (χ0v) is 34.7. The lowest BCUT2D eigenvalue weighted by Crippen LogP contribution is -2.15. The quantitative estimate of drug-likeness (QED) is 0.0945. The molecule has 0 saturated carbocycles. The van der Waals surface area contributed by atoms with Crippen molar-refractivity contribution in [3.63, 3.8) is 0 Å². The highest BCUT2D eigenvalue weighted by Crippen LogP contribution is 2.43. The summed E-state index contributed by atoms with van der Waals surface area (Å²) in [6.07, 6.45) is -9.38. The summed E-state index contributed by atoms with van der Waals surface area (Å²) in [4.78, 5) is 36.5. The van der Waals surface area contributed by atoms with Crippen molar-refractivity contribution in [1.82, 2.24) is 8.80 Å². The van der Waals surface area contributed by atoms with Crippen molar-refractivity contribution in [3.8, 4) is 22.5 Å². The van der Waals surface area contributed by atoms with Gasteiger partial charge in [-0.05, 0) is 96.1 Å². The number of fused-ring (bicyclic) bond motifs is 2. The summed E-state index contributed by atoms with van der Waals surface area (Å²) in [5.74, 6) is -7.10. The lowest BCUT2D eigenvalue weighted by Gasteiger charge is -2.13. The lowest BCUT2D eigenvalue weighted by atomic mass is 10.1. The van der Waals surface area contributed by atoms with Gasteiger partial charge in [0.1, 0.15) is 44.7 Å². The average molecular weight is 960 g/mol. The molecule has 0 aliphatic carbocycles. The van der Waals surface area contributed by atoms with Crippen LogP contribution in [-0.4, -0.2) is 33.7 Å². The first-order chi connectivity index (χ1) is 31.2. The van der Waals surface area contributed by atoms with E-state index < -0.39 is 75.7 Å². The highest BCUT2D eigenvalue weighted by molar-refractivity contribution is 6.33. The maximum absolute atomic E-state index is 13.9. The number of nitrogens with zero attached hydrogens (tertiary/aromatic N) is 2. The maximum Gasteiger partial charge on any atom is 0.418 e. The van der Waals surface area contributed by atoms with Crippen molar-refractivity contribution < 1.29 is 63.0 Å². The first-order valence-corrected chi connectivity index (χ1v) is 19.5. The van der Waals surface area contributed by atoms with E-state index in [0.29, 0.717) is 0 Å². The number of ether oxygens (including phenoxy) is 1. The molecule has 2 amide bonds. The number of nitrogens with one attached hydrogen (secondary N) is 2. The van der Waals surface area contributed by atoms with E-state index in [1.807, 2.05) is 0 Å². The molecular weight excluding hydrogens is 933 g/mol. The summed E-state index contributed by atoms with van der Waals surface area (Å²) in [6.45, 7) is 0. The number of anilines is 2. The Hall–Kier alpha value is -7.31. The molecule has 338 valence electrons. The van der Waals surface area contributed by atoms with Crippen LogP contribution in [0.1, 0.15) is 42.2 Å². The average Bonchev–Trinajstić information content (AvgIpc) is 3.86. The monoisotopic (exact) mass is 958 g/mol. The minimum absolute atomic E-state index is 0.0521. The van der Waals surface area contributed by atoms with Crippen molar-refractivity contribution in [1.29, 1.82) is 0 Å². The predicted octanol–water partition coefficient (Wildman–Crippen LogP) is 13.4. The van der Waals surface area contributed by atoms with E-state index in [1.165, 1.54) is 77.2 Å². The zero-order valence-electron chi connectivity index (χ0n) is 33.2. The fourth-order valence-corrected chi connectivity index (χ4v) is 7.49. The van der Waals surface area contributed by atoms with Gasteiger partial charge in [0, 0.05) is 22.4 Å².